The van der Waals surface area contributed by atoms with Crippen molar-refractivity contribution in [1.82, 2.24) is 10.3 Å². The van der Waals surface area contributed by atoms with Gasteiger partial charge in [-0.3, -0.25) is 14.6 Å². The summed E-state index contributed by atoms with van der Waals surface area (Å²) in [5.41, 5.74) is -3.12. The van der Waals surface area contributed by atoms with Crippen molar-refractivity contribution < 1.29 is 27.9 Å². The number of carboxylic acids is 1. The Labute approximate surface area is 125 Å². The third-order valence-electron chi connectivity index (χ3n) is 3.72. The number of amides is 1. The summed E-state index contributed by atoms with van der Waals surface area (Å²) in [6.45, 7) is 3.03. The van der Waals surface area contributed by atoms with Crippen LogP contribution < -0.4 is 5.32 Å². The van der Waals surface area contributed by atoms with Crippen LogP contribution in [0, 0.1) is 5.41 Å². The molecule has 1 amide bonds. The lowest BCUT2D eigenvalue weighted by Crippen LogP contribution is -2.43. The quantitative estimate of drug-likeness (QED) is 0.845. The largest absolute Gasteiger partial charge is 0.481 e. The van der Waals surface area contributed by atoms with Gasteiger partial charge in [0.15, 0.2) is 0 Å². The monoisotopic (exact) mass is 318 g/mol. The third kappa shape index (κ3) is 3.75. The van der Waals surface area contributed by atoms with E-state index in [2.05, 4.69) is 10.3 Å². The van der Waals surface area contributed by atoms with Crippen molar-refractivity contribution in [3.63, 3.8) is 0 Å². The maximum atomic E-state index is 12.8. The fourth-order valence-corrected chi connectivity index (χ4v) is 2.03. The lowest BCUT2D eigenvalue weighted by Gasteiger charge is -2.26. The summed E-state index contributed by atoms with van der Waals surface area (Å²) < 4.78 is 38.5. The van der Waals surface area contributed by atoms with E-state index < -0.39 is 34.7 Å². The highest BCUT2D eigenvalue weighted by Crippen LogP contribution is 2.31. The first-order valence-corrected chi connectivity index (χ1v) is 6.71. The molecule has 0 aliphatic rings. The molecular formula is C14H17F3N2O3. The Morgan fingerprint density at radius 2 is 1.86 bits per heavy atom. The molecule has 0 aromatic carbocycles. The number of carbonyl (C=O) groups is 2. The number of alkyl halides is 3. The summed E-state index contributed by atoms with van der Waals surface area (Å²) in [5, 5.41) is 11.5. The van der Waals surface area contributed by atoms with Crippen LogP contribution in [-0.2, 0) is 11.0 Å². The molecule has 1 aromatic rings. The number of aromatic nitrogens is 1. The summed E-state index contributed by atoms with van der Waals surface area (Å²) in [5.74, 6) is -2.14. The zero-order chi connectivity index (χ0) is 17.0. The number of hydrogen-bond acceptors (Lipinski definition) is 3. The van der Waals surface area contributed by atoms with Crippen LogP contribution in [0.4, 0.5) is 13.2 Å². The first kappa shape index (κ1) is 17.9. The fraction of sp³-hybridized carbons (Fsp3) is 0.500. The summed E-state index contributed by atoms with van der Waals surface area (Å²) in [4.78, 5) is 26.7. The van der Waals surface area contributed by atoms with E-state index in [-0.39, 0.29) is 19.4 Å². The van der Waals surface area contributed by atoms with Crippen LogP contribution in [-0.4, -0.2) is 28.5 Å². The van der Waals surface area contributed by atoms with E-state index in [4.69, 9.17) is 0 Å². The van der Waals surface area contributed by atoms with Crippen molar-refractivity contribution in [3.05, 3.63) is 29.6 Å². The standard InChI is InChI=1S/C14H17F3N2O3/c1-3-13(4-2,12(21)22)8-19-11(20)10-9(14(15,16)17)6-5-7-18-10/h5-7H,3-4,8H2,1-2H3,(H,19,20)(H,21,22). The second kappa shape index (κ2) is 6.76. The van der Waals surface area contributed by atoms with Crippen LogP contribution in [0.5, 0.6) is 0 Å². The molecule has 5 nitrogen and oxygen atoms in total. The van der Waals surface area contributed by atoms with Crippen molar-refractivity contribution >= 4 is 11.9 Å². The highest BCUT2D eigenvalue weighted by Gasteiger charge is 2.38. The van der Waals surface area contributed by atoms with Gasteiger partial charge in [0.1, 0.15) is 5.69 Å². The van der Waals surface area contributed by atoms with Gasteiger partial charge < -0.3 is 10.4 Å². The molecule has 0 fully saturated rings. The van der Waals surface area contributed by atoms with E-state index in [0.717, 1.165) is 18.3 Å². The van der Waals surface area contributed by atoms with Gasteiger partial charge in [-0.15, -0.1) is 0 Å². The second-order valence-corrected chi connectivity index (χ2v) is 4.87. The molecule has 22 heavy (non-hydrogen) atoms. The number of carbonyl (C=O) groups excluding carboxylic acids is 1. The Hall–Kier alpha value is -2.12. The third-order valence-corrected chi connectivity index (χ3v) is 3.72. The van der Waals surface area contributed by atoms with E-state index in [1.165, 1.54) is 0 Å². The molecule has 0 saturated heterocycles. The summed E-state index contributed by atoms with van der Waals surface area (Å²) in [6.07, 6.45) is -3.14. The first-order chi connectivity index (χ1) is 10.2. The van der Waals surface area contributed by atoms with E-state index in [0.29, 0.717) is 0 Å². The number of hydrogen-bond donors (Lipinski definition) is 2. The van der Waals surface area contributed by atoms with Crippen molar-refractivity contribution in [2.45, 2.75) is 32.9 Å². The van der Waals surface area contributed by atoms with Gasteiger partial charge in [-0.2, -0.15) is 13.2 Å². The Balaban J connectivity index is 2.98. The normalized spacial score (nSPS) is 12.0. The molecule has 0 radical (unpaired) electrons. The predicted molar refractivity (Wildman–Crippen MR) is 72.2 cm³/mol. The lowest BCUT2D eigenvalue weighted by atomic mass is 9.82. The first-order valence-electron chi connectivity index (χ1n) is 6.71. The minimum absolute atomic E-state index is 0.244. The van der Waals surface area contributed by atoms with Crippen LogP contribution >= 0.6 is 0 Å². The maximum Gasteiger partial charge on any atom is 0.418 e. The van der Waals surface area contributed by atoms with Crippen LogP contribution in [0.2, 0.25) is 0 Å². The van der Waals surface area contributed by atoms with Crippen molar-refractivity contribution in [1.29, 1.82) is 0 Å². The topological polar surface area (TPSA) is 79.3 Å². The molecule has 1 heterocycles. The number of carboxylic acid groups (broad SMARTS) is 1. The molecule has 0 aliphatic heterocycles. The van der Waals surface area contributed by atoms with Gasteiger partial charge in [-0.05, 0) is 25.0 Å². The molecule has 1 aromatic heterocycles. The number of nitrogens with one attached hydrogen (secondary N) is 1. The lowest BCUT2D eigenvalue weighted by molar-refractivity contribution is -0.149. The van der Waals surface area contributed by atoms with Gasteiger partial charge in [0.2, 0.25) is 0 Å². The van der Waals surface area contributed by atoms with E-state index in [1.807, 2.05) is 0 Å². The molecule has 0 aliphatic carbocycles. The zero-order valence-electron chi connectivity index (χ0n) is 12.2. The number of rotatable bonds is 6. The molecule has 0 unspecified atom stereocenters. The molecule has 122 valence electrons. The predicted octanol–water partition coefficient (Wildman–Crippen LogP) is 2.72. The highest BCUT2D eigenvalue weighted by atomic mass is 19.4. The smallest absolute Gasteiger partial charge is 0.418 e. The van der Waals surface area contributed by atoms with E-state index >= 15 is 0 Å². The Bertz CT molecular complexity index is 555. The van der Waals surface area contributed by atoms with Crippen LogP contribution in [0.1, 0.15) is 42.7 Å². The highest BCUT2D eigenvalue weighted by molar-refractivity contribution is 5.94. The number of pyridine rings is 1. The average Bonchev–Trinajstić information content (AvgIpc) is 2.47. The molecule has 0 bridgehead atoms. The molecule has 2 N–H and O–H groups in total. The Morgan fingerprint density at radius 3 is 2.32 bits per heavy atom. The summed E-state index contributed by atoms with van der Waals surface area (Å²) in [7, 11) is 0. The summed E-state index contributed by atoms with van der Waals surface area (Å²) >= 11 is 0. The van der Waals surface area contributed by atoms with Gasteiger partial charge in [0.05, 0.1) is 11.0 Å². The van der Waals surface area contributed by atoms with Crippen molar-refractivity contribution in [2.24, 2.45) is 5.41 Å². The fourth-order valence-electron chi connectivity index (χ4n) is 2.03. The number of halogens is 3. The minimum atomic E-state index is -4.71. The van der Waals surface area contributed by atoms with Crippen molar-refractivity contribution in [3.8, 4) is 0 Å². The van der Waals surface area contributed by atoms with Crippen molar-refractivity contribution in [2.75, 3.05) is 6.54 Å². The van der Waals surface area contributed by atoms with Crippen LogP contribution in [0.3, 0.4) is 0 Å². The Morgan fingerprint density at radius 1 is 1.27 bits per heavy atom. The summed E-state index contributed by atoms with van der Waals surface area (Å²) in [6, 6.07) is 1.84. The second-order valence-electron chi connectivity index (χ2n) is 4.87. The Kier molecular flexibility index (Phi) is 5.51. The molecule has 0 atom stereocenters. The minimum Gasteiger partial charge on any atom is -0.481 e. The van der Waals surface area contributed by atoms with Gasteiger partial charge in [0.25, 0.3) is 5.91 Å². The van der Waals surface area contributed by atoms with E-state index in [9.17, 15) is 27.9 Å². The SMILES string of the molecule is CCC(CC)(CNC(=O)c1ncccc1C(F)(F)F)C(=O)O. The molecular weight excluding hydrogens is 301 g/mol. The van der Waals surface area contributed by atoms with Gasteiger partial charge in [-0.25, -0.2) is 0 Å². The molecule has 0 saturated carbocycles. The van der Waals surface area contributed by atoms with Gasteiger partial charge >= 0.3 is 12.1 Å². The van der Waals surface area contributed by atoms with Crippen LogP contribution in [0.15, 0.2) is 18.3 Å². The van der Waals surface area contributed by atoms with Gasteiger partial charge in [-0.1, -0.05) is 13.8 Å². The van der Waals surface area contributed by atoms with E-state index in [1.54, 1.807) is 13.8 Å². The number of nitrogens with zero attached hydrogens (tertiary/aromatic N) is 1. The zero-order valence-corrected chi connectivity index (χ0v) is 12.2. The number of aliphatic carboxylic acids is 1. The molecule has 0 spiro atoms. The maximum absolute atomic E-state index is 12.8. The van der Waals surface area contributed by atoms with Crippen LogP contribution in [0.25, 0.3) is 0 Å². The molecule has 8 heteroatoms. The average molecular weight is 318 g/mol. The van der Waals surface area contributed by atoms with Gasteiger partial charge in [0, 0.05) is 12.7 Å². The molecule has 1 rings (SSSR count).